The number of anilines is 1. The number of alkyl halides is 3. The summed E-state index contributed by atoms with van der Waals surface area (Å²) in [7, 11) is 0. The summed E-state index contributed by atoms with van der Waals surface area (Å²) in [6, 6.07) is 8.83. The lowest BCUT2D eigenvalue weighted by molar-refractivity contribution is -0.137. The van der Waals surface area contributed by atoms with Crippen molar-refractivity contribution in [3.63, 3.8) is 0 Å². The summed E-state index contributed by atoms with van der Waals surface area (Å²) in [5.41, 5.74) is -0.920. The summed E-state index contributed by atoms with van der Waals surface area (Å²) >= 11 is 1.45. The number of pyridine rings is 1. The van der Waals surface area contributed by atoms with Crippen LogP contribution < -0.4 is 5.32 Å². The van der Waals surface area contributed by atoms with E-state index in [0.29, 0.717) is 11.1 Å². The molecule has 0 aliphatic heterocycles. The molecule has 126 valence electrons. The minimum absolute atomic E-state index is 0.230. The maximum atomic E-state index is 12.8. The van der Waals surface area contributed by atoms with Crippen molar-refractivity contribution in [1.82, 2.24) is 4.98 Å². The molecule has 0 aliphatic rings. The highest BCUT2D eigenvalue weighted by molar-refractivity contribution is 7.10. The van der Waals surface area contributed by atoms with Crippen LogP contribution in [0.5, 0.6) is 0 Å². The Morgan fingerprint density at radius 1 is 1.21 bits per heavy atom. The van der Waals surface area contributed by atoms with Crippen molar-refractivity contribution in [2.45, 2.75) is 18.7 Å². The van der Waals surface area contributed by atoms with Crippen LogP contribution in [-0.2, 0) is 11.8 Å². The number of aliphatic hydroxyl groups is 1. The van der Waals surface area contributed by atoms with Gasteiger partial charge in [-0.25, -0.2) is 0 Å². The molecule has 0 spiro atoms. The molecule has 1 unspecified atom stereocenters. The molecule has 7 heteroatoms. The molecule has 24 heavy (non-hydrogen) atoms. The van der Waals surface area contributed by atoms with Crippen LogP contribution in [0.3, 0.4) is 0 Å². The van der Waals surface area contributed by atoms with Crippen LogP contribution in [0.2, 0.25) is 0 Å². The van der Waals surface area contributed by atoms with Gasteiger partial charge in [0.25, 0.3) is 0 Å². The van der Waals surface area contributed by atoms with E-state index in [2.05, 4.69) is 10.3 Å². The number of nitrogens with one attached hydrogen (secondary N) is 1. The van der Waals surface area contributed by atoms with Crippen molar-refractivity contribution in [3.8, 4) is 0 Å². The average Bonchev–Trinajstić information content (AvgIpc) is 3.07. The van der Waals surface area contributed by atoms with Crippen LogP contribution in [0.25, 0.3) is 10.9 Å². The second-order valence-electron chi connectivity index (χ2n) is 5.69. The van der Waals surface area contributed by atoms with E-state index in [1.54, 1.807) is 13.0 Å². The number of hydrogen-bond acceptors (Lipinski definition) is 4. The van der Waals surface area contributed by atoms with E-state index in [4.69, 9.17) is 0 Å². The molecule has 0 bridgehead atoms. The Balaban J connectivity index is 1.88. The molecular formula is C17H15F3N2OS. The highest BCUT2D eigenvalue weighted by Crippen LogP contribution is 2.33. The number of nitrogens with zero attached hydrogens (tertiary/aromatic N) is 1. The molecular weight excluding hydrogens is 337 g/mol. The van der Waals surface area contributed by atoms with Crippen molar-refractivity contribution >= 4 is 27.9 Å². The SMILES string of the molecule is CC(O)(CNc1ccnc2cc(C(F)(F)F)ccc12)c1cccs1. The van der Waals surface area contributed by atoms with E-state index in [1.165, 1.54) is 23.6 Å². The molecule has 0 amide bonds. The Bertz CT molecular complexity index is 845. The third-order valence-electron chi connectivity index (χ3n) is 3.75. The van der Waals surface area contributed by atoms with Crippen molar-refractivity contribution in [3.05, 3.63) is 58.4 Å². The molecule has 1 aromatic carbocycles. The average molecular weight is 352 g/mol. The number of thiophene rings is 1. The lowest BCUT2D eigenvalue weighted by Gasteiger charge is -2.23. The van der Waals surface area contributed by atoms with Gasteiger partial charge in [-0.2, -0.15) is 13.2 Å². The van der Waals surface area contributed by atoms with Crippen LogP contribution in [-0.4, -0.2) is 16.6 Å². The second kappa shape index (κ2) is 6.07. The Kier molecular flexibility index (Phi) is 4.23. The largest absolute Gasteiger partial charge is 0.416 e. The van der Waals surface area contributed by atoms with Gasteiger partial charge in [-0.1, -0.05) is 12.1 Å². The first-order valence-corrected chi connectivity index (χ1v) is 8.11. The topological polar surface area (TPSA) is 45.1 Å². The number of rotatable bonds is 4. The predicted octanol–water partition coefficient (Wildman–Crippen LogP) is 4.63. The molecule has 3 aromatic rings. The molecule has 0 aliphatic carbocycles. The van der Waals surface area contributed by atoms with Crippen LogP contribution in [0.15, 0.2) is 48.0 Å². The van der Waals surface area contributed by atoms with E-state index in [9.17, 15) is 18.3 Å². The monoisotopic (exact) mass is 352 g/mol. The zero-order chi connectivity index (χ0) is 17.4. The number of fused-ring (bicyclic) bond motifs is 1. The lowest BCUT2D eigenvalue weighted by atomic mass is 10.0. The van der Waals surface area contributed by atoms with Gasteiger partial charge in [0.15, 0.2) is 0 Å². The number of benzene rings is 1. The van der Waals surface area contributed by atoms with Gasteiger partial charge in [0.1, 0.15) is 5.60 Å². The summed E-state index contributed by atoms with van der Waals surface area (Å²) in [6.45, 7) is 1.92. The predicted molar refractivity (Wildman–Crippen MR) is 89.1 cm³/mol. The third-order valence-corrected chi connectivity index (χ3v) is 4.87. The van der Waals surface area contributed by atoms with Crippen LogP contribution in [0.4, 0.5) is 18.9 Å². The van der Waals surface area contributed by atoms with Crippen molar-refractivity contribution in [2.24, 2.45) is 0 Å². The van der Waals surface area contributed by atoms with Crippen molar-refractivity contribution < 1.29 is 18.3 Å². The fraction of sp³-hybridized carbons (Fsp3) is 0.235. The van der Waals surface area contributed by atoms with Crippen LogP contribution >= 0.6 is 11.3 Å². The summed E-state index contributed by atoms with van der Waals surface area (Å²) in [4.78, 5) is 4.82. The van der Waals surface area contributed by atoms with Gasteiger partial charge < -0.3 is 10.4 Å². The maximum absolute atomic E-state index is 12.8. The summed E-state index contributed by atoms with van der Waals surface area (Å²) < 4.78 is 38.4. The molecule has 2 heterocycles. The summed E-state index contributed by atoms with van der Waals surface area (Å²) in [6.07, 6.45) is -2.95. The Labute approximate surface area is 140 Å². The van der Waals surface area contributed by atoms with Crippen molar-refractivity contribution in [2.75, 3.05) is 11.9 Å². The zero-order valence-electron chi connectivity index (χ0n) is 12.8. The summed E-state index contributed by atoms with van der Waals surface area (Å²) in [5, 5.41) is 16.1. The normalized spacial score (nSPS) is 14.5. The van der Waals surface area contributed by atoms with Gasteiger partial charge in [-0.15, -0.1) is 11.3 Å². The van der Waals surface area contributed by atoms with Gasteiger partial charge >= 0.3 is 6.18 Å². The molecule has 1 atom stereocenters. The van der Waals surface area contributed by atoms with E-state index in [0.717, 1.165) is 17.0 Å². The fourth-order valence-corrected chi connectivity index (χ4v) is 3.20. The Morgan fingerprint density at radius 3 is 2.67 bits per heavy atom. The van der Waals surface area contributed by atoms with E-state index >= 15 is 0 Å². The lowest BCUT2D eigenvalue weighted by Crippen LogP contribution is -2.29. The molecule has 0 saturated carbocycles. The summed E-state index contributed by atoms with van der Waals surface area (Å²) in [5.74, 6) is 0. The van der Waals surface area contributed by atoms with E-state index < -0.39 is 17.3 Å². The molecule has 3 nitrogen and oxygen atoms in total. The smallest absolute Gasteiger partial charge is 0.383 e. The highest BCUT2D eigenvalue weighted by Gasteiger charge is 2.30. The third kappa shape index (κ3) is 3.37. The number of aromatic nitrogens is 1. The quantitative estimate of drug-likeness (QED) is 0.719. The first kappa shape index (κ1) is 16.7. The Hall–Kier alpha value is -2.12. The minimum Gasteiger partial charge on any atom is -0.383 e. The molecule has 2 N–H and O–H groups in total. The Morgan fingerprint density at radius 2 is 2.00 bits per heavy atom. The number of halogens is 3. The van der Waals surface area contributed by atoms with Crippen LogP contribution in [0.1, 0.15) is 17.4 Å². The molecule has 3 rings (SSSR count). The number of hydrogen-bond donors (Lipinski definition) is 2. The molecule has 0 saturated heterocycles. The van der Waals surface area contributed by atoms with Crippen LogP contribution in [0, 0.1) is 0 Å². The first-order valence-electron chi connectivity index (χ1n) is 7.23. The minimum atomic E-state index is -4.40. The second-order valence-corrected chi connectivity index (χ2v) is 6.64. The van der Waals surface area contributed by atoms with E-state index in [1.807, 2.05) is 17.5 Å². The fourth-order valence-electron chi connectivity index (χ4n) is 2.42. The first-order chi connectivity index (χ1) is 11.3. The van der Waals surface area contributed by atoms with Gasteiger partial charge in [-0.05, 0) is 36.6 Å². The molecule has 0 fully saturated rings. The van der Waals surface area contributed by atoms with Gasteiger partial charge in [0.05, 0.1) is 11.1 Å². The van der Waals surface area contributed by atoms with Crippen molar-refractivity contribution in [1.29, 1.82) is 0 Å². The van der Waals surface area contributed by atoms with Gasteiger partial charge in [0.2, 0.25) is 0 Å². The van der Waals surface area contributed by atoms with Gasteiger partial charge in [-0.3, -0.25) is 4.98 Å². The maximum Gasteiger partial charge on any atom is 0.416 e. The molecule has 2 aromatic heterocycles. The standard InChI is InChI=1S/C17H15F3N2OS/c1-16(23,15-3-2-8-24-15)10-22-13-6-7-21-14-9-11(17(18,19)20)4-5-12(13)14/h2-9,23H,10H2,1H3,(H,21,22). The molecule has 0 radical (unpaired) electrons. The van der Waals surface area contributed by atoms with E-state index in [-0.39, 0.29) is 12.1 Å². The van der Waals surface area contributed by atoms with Gasteiger partial charge in [0, 0.05) is 28.7 Å². The zero-order valence-corrected chi connectivity index (χ0v) is 13.6. The highest BCUT2D eigenvalue weighted by atomic mass is 32.1.